The quantitative estimate of drug-likeness (QED) is 0.847. The molecule has 2 heterocycles. The molecule has 0 saturated heterocycles. The van der Waals surface area contributed by atoms with Crippen LogP contribution in [0.3, 0.4) is 0 Å². The molecule has 0 radical (unpaired) electrons. The van der Waals surface area contributed by atoms with Gasteiger partial charge in [0.05, 0.1) is 12.7 Å². The molecule has 2 aromatic rings. The minimum atomic E-state index is -0.833. The number of aromatic nitrogens is 5. The maximum absolute atomic E-state index is 9.00. The van der Waals surface area contributed by atoms with Gasteiger partial charge in [-0.3, -0.25) is 9.78 Å². The summed E-state index contributed by atoms with van der Waals surface area (Å²) in [5.74, 6) is 0.475. The molecule has 0 spiro atoms. The van der Waals surface area contributed by atoms with Crippen LogP contribution >= 0.6 is 11.8 Å². The lowest BCUT2D eigenvalue weighted by atomic mass is 10.2. The zero-order valence-electron chi connectivity index (χ0n) is 12.8. The van der Waals surface area contributed by atoms with Gasteiger partial charge in [-0.15, -0.1) is 10.2 Å². The van der Waals surface area contributed by atoms with Gasteiger partial charge in [0.15, 0.2) is 5.16 Å². The van der Waals surface area contributed by atoms with Crippen molar-refractivity contribution in [3.8, 4) is 0 Å². The zero-order valence-corrected chi connectivity index (χ0v) is 13.6. The van der Waals surface area contributed by atoms with E-state index in [9.17, 15) is 0 Å². The Morgan fingerprint density at radius 2 is 2.09 bits per heavy atom. The van der Waals surface area contributed by atoms with Crippen molar-refractivity contribution in [2.45, 2.75) is 44.0 Å². The third-order valence-corrected chi connectivity index (χ3v) is 3.16. The molecule has 8 nitrogen and oxygen atoms in total. The topological polar surface area (TPSA) is 120 Å². The van der Waals surface area contributed by atoms with Crippen LogP contribution in [0, 0.1) is 5.92 Å². The van der Waals surface area contributed by atoms with E-state index in [0.717, 1.165) is 29.5 Å². The number of nitrogens with two attached hydrogens (primary N) is 1. The maximum Gasteiger partial charge on any atom is 0.300 e. The number of carboxylic acids is 1. The smallest absolute Gasteiger partial charge is 0.300 e. The molecule has 0 aliphatic heterocycles. The van der Waals surface area contributed by atoms with Crippen LogP contribution in [0.5, 0.6) is 0 Å². The van der Waals surface area contributed by atoms with Gasteiger partial charge in [0, 0.05) is 25.9 Å². The van der Waals surface area contributed by atoms with Gasteiger partial charge in [-0.1, -0.05) is 13.8 Å². The lowest BCUT2D eigenvalue weighted by Crippen LogP contribution is -2.12. The fourth-order valence-electron chi connectivity index (χ4n) is 1.53. The van der Waals surface area contributed by atoms with Crippen LogP contribution in [0.15, 0.2) is 28.8 Å². The first-order valence-corrected chi connectivity index (χ1v) is 7.51. The molecule has 2 aromatic heterocycles. The van der Waals surface area contributed by atoms with Crippen molar-refractivity contribution >= 4 is 17.7 Å². The molecule has 0 aromatic carbocycles. The summed E-state index contributed by atoms with van der Waals surface area (Å²) in [6.45, 7) is 6.62. The second kappa shape index (κ2) is 9.11. The second-order valence-corrected chi connectivity index (χ2v) is 5.76. The maximum atomic E-state index is 9.00. The highest BCUT2D eigenvalue weighted by atomic mass is 32.2. The van der Waals surface area contributed by atoms with Crippen molar-refractivity contribution in [3.63, 3.8) is 0 Å². The van der Waals surface area contributed by atoms with Gasteiger partial charge in [-0.2, -0.15) is 0 Å². The highest BCUT2D eigenvalue weighted by molar-refractivity contribution is 7.99. The largest absolute Gasteiger partial charge is 0.481 e. The van der Waals surface area contributed by atoms with Crippen LogP contribution in [-0.2, 0) is 17.9 Å². The Labute approximate surface area is 133 Å². The van der Waals surface area contributed by atoms with Gasteiger partial charge in [-0.25, -0.2) is 4.98 Å². The normalized spacial score (nSPS) is 10.2. The molecule has 0 atom stereocenters. The van der Waals surface area contributed by atoms with Crippen LogP contribution in [0.25, 0.3) is 0 Å². The summed E-state index contributed by atoms with van der Waals surface area (Å²) < 4.78 is 2.05. The lowest BCUT2D eigenvalue weighted by Gasteiger charge is -2.11. The molecular weight excluding hydrogens is 304 g/mol. The third-order valence-electron chi connectivity index (χ3n) is 2.26. The standard InChI is InChI=1S/C11H16N6S.C2H4O2/c1-8(2)7-17-9(5-12)15-16-11(17)18-10-6-13-3-4-14-10;1-2(3)4/h3-4,6,8H,5,7,12H2,1-2H3;1H3,(H,3,4). The fraction of sp³-hybridized carbons (Fsp3) is 0.462. The van der Waals surface area contributed by atoms with E-state index in [1.54, 1.807) is 18.6 Å². The summed E-state index contributed by atoms with van der Waals surface area (Å²) in [6.07, 6.45) is 5.02. The SMILES string of the molecule is CC(=O)O.CC(C)Cn1c(CN)nnc1Sc1cnccn1. The van der Waals surface area contributed by atoms with Gasteiger partial charge in [0.2, 0.25) is 0 Å². The Morgan fingerprint density at radius 1 is 1.41 bits per heavy atom. The van der Waals surface area contributed by atoms with E-state index in [0.29, 0.717) is 12.5 Å². The number of carbonyl (C=O) groups is 1. The lowest BCUT2D eigenvalue weighted by molar-refractivity contribution is -0.134. The van der Waals surface area contributed by atoms with Crippen LogP contribution in [-0.4, -0.2) is 35.8 Å². The first-order valence-electron chi connectivity index (χ1n) is 6.69. The molecule has 2 rings (SSSR count). The van der Waals surface area contributed by atoms with E-state index in [4.69, 9.17) is 15.6 Å². The number of carboxylic acid groups (broad SMARTS) is 1. The van der Waals surface area contributed by atoms with Gasteiger partial charge < -0.3 is 15.4 Å². The molecular formula is C13H20N6O2S. The van der Waals surface area contributed by atoms with E-state index in [2.05, 4.69) is 34.0 Å². The number of nitrogens with zero attached hydrogens (tertiary/aromatic N) is 5. The molecule has 0 fully saturated rings. The Balaban J connectivity index is 0.000000541. The van der Waals surface area contributed by atoms with Crippen molar-refractivity contribution in [2.24, 2.45) is 11.7 Å². The number of hydrogen-bond acceptors (Lipinski definition) is 7. The van der Waals surface area contributed by atoms with Gasteiger partial charge in [0.25, 0.3) is 5.97 Å². The minimum Gasteiger partial charge on any atom is -0.481 e. The number of rotatable bonds is 5. The third kappa shape index (κ3) is 6.19. The van der Waals surface area contributed by atoms with E-state index in [-0.39, 0.29) is 0 Å². The highest BCUT2D eigenvalue weighted by Gasteiger charge is 2.13. The summed E-state index contributed by atoms with van der Waals surface area (Å²) in [5.41, 5.74) is 5.67. The molecule has 9 heteroatoms. The molecule has 0 saturated carbocycles. The monoisotopic (exact) mass is 324 g/mol. The second-order valence-electron chi connectivity index (χ2n) is 4.77. The molecule has 0 unspecified atom stereocenters. The van der Waals surface area contributed by atoms with Crippen LogP contribution < -0.4 is 5.73 Å². The first kappa shape index (κ1) is 18.1. The molecule has 0 bridgehead atoms. The predicted molar refractivity (Wildman–Crippen MR) is 82.2 cm³/mol. The van der Waals surface area contributed by atoms with Crippen LogP contribution in [0.1, 0.15) is 26.6 Å². The van der Waals surface area contributed by atoms with Crippen molar-refractivity contribution in [1.82, 2.24) is 24.7 Å². The van der Waals surface area contributed by atoms with Crippen LogP contribution in [0.2, 0.25) is 0 Å². The molecule has 22 heavy (non-hydrogen) atoms. The Hall–Kier alpha value is -2.00. The number of aliphatic carboxylic acids is 1. The van der Waals surface area contributed by atoms with Gasteiger partial charge >= 0.3 is 0 Å². The van der Waals surface area contributed by atoms with E-state index in [1.807, 2.05) is 4.57 Å². The number of hydrogen-bond donors (Lipinski definition) is 2. The van der Waals surface area contributed by atoms with Gasteiger partial charge in [0.1, 0.15) is 10.9 Å². The Kier molecular flexibility index (Phi) is 7.47. The molecule has 3 N–H and O–H groups in total. The van der Waals surface area contributed by atoms with Crippen molar-refractivity contribution in [2.75, 3.05) is 0 Å². The summed E-state index contributed by atoms with van der Waals surface area (Å²) in [4.78, 5) is 17.3. The molecule has 0 aliphatic carbocycles. The van der Waals surface area contributed by atoms with Gasteiger partial charge in [-0.05, 0) is 17.7 Å². The summed E-state index contributed by atoms with van der Waals surface area (Å²) in [7, 11) is 0. The highest BCUT2D eigenvalue weighted by Crippen LogP contribution is 2.24. The first-order chi connectivity index (χ1) is 10.4. The molecule has 0 amide bonds. The average Bonchev–Trinajstić information content (AvgIpc) is 2.81. The fourth-order valence-corrected chi connectivity index (χ4v) is 2.31. The Morgan fingerprint density at radius 3 is 2.59 bits per heavy atom. The van der Waals surface area contributed by atoms with Crippen molar-refractivity contribution in [3.05, 3.63) is 24.4 Å². The Bertz CT molecular complexity index is 583. The van der Waals surface area contributed by atoms with Crippen molar-refractivity contribution < 1.29 is 9.90 Å². The van der Waals surface area contributed by atoms with Crippen molar-refractivity contribution in [1.29, 1.82) is 0 Å². The molecule has 0 aliphatic rings. The predicted octanol–water partition coefficient (Wildman–Crippen LogP) is 1.42. The summed E-state index contributed by atoms with van der Waals surface area (Å²) >= 11 is 1.45. The van der Waals surface area contributed by atoms with Crippen LogP contribution in [0.4, 0.5) is 0 Å². The zero-order chi connectivity index (χ0) is 16.5. The average molecular weight is 324 g/mol. The van der Waals surface area contributed by atoms with E-state index < -0.39 is 5.97 Å². The summed E-state index contributed by atoms with van der Waals surface area (Å²) in [5, 5.41) is 17.3. The van der Waals surface area contributed by atoms with E-state index >= 15 is 0 Å². The minimum absolute atomic E-state index is 0.390. The summed E-state index contributed by atoms with van der Waals surface area (Å²) in [6, 6.07) is 0. The van der Waals surface area contributed by atoms with E-state index in [1.165, 1.54) is 11.8 Å². The molecule has 120 valence electrons.